The molecule has 2 atom stereocenters. The van der Waals surface area contributed by atoms with Crippen LogP contribution in [0.4, 0.5) is 10.5 Å². The maximum Gasteiger partial charge on any atom is 0.338 e. The fourth-order valence-electron chi connectivity index (χ4n) is 3.04. The molecule has 0 heterocycles. The molecule has 1 fully saturated rings. The van der Waals surface area contributed by atoms with Crippen molar-refractivity contribution in [1.82, 2.24) is 10.6 Å². The van der Waals surface area contributed by atoms with E-state index in [4.69, 9.17) is 4.74 Å². The van der Waals surface area contributed by atoms with Crippen LogP contribution in [0, 0.1) is 5.92 Å². The van der Waals surface area contributed by atoms with Crippen LogP contribution >= 0.6 is 0 Å². The first-order chi connectivity index (χ1) is 12.8. The largest absolute Gasteiger partial charge is 0.452 e. The first kappa shape index (κ1) is 20.4. The molecule has 0 aromatic heterocycles. The van der Waals surface area contributed by atoms with Crippen LogP contribution in [0.15, 0.2) is 24.3 Å². The van der Waals surface area contributed by atoms with Gasteiger partial charge >= 0.3 is 12.0 Å². The number of imide groups is 1. The molecule has 1 saturated carbocycles. The fourth-order valence-corrected chi connectivity index (χ4v) is 3.04. The number of nitrogens with one attached hydrogen (secondary N) is 3. The first-order valence-corrected chi connectivity index (χ1v) is 9.00. The van der Waals surface area contributed by atoms with Gasteiger partial charge in [-0.05, 0) is 37.0 Å². The van der Waals surface area contributed by atoms with Crippen LogP contribution in [0.2, 0.25) is 0 Å². The van der Waals surface area contributed by atoms with Gasteiger partial charge in [-0.2, -0.15) is 0 Å². The van der Waals surface area contributed by atoms with Crippen LogP contribution in [0.1, 0.15) is 49.9 Å². The van der Waals surface area contributed by atoms with Crippen molar-refractivity contribution in [3.8, 4) is 0 Å². The summed E-state index contributed by atoms with van der Waals surface area (Å²) in [7, 11) is 0. The van der Waals surface area contributed by atoms with Crippen molar-refractivity contribution in [3.63, 3.8) is 0 Å². The zero-order valence-electron chi connectivity index (χ0n) is 15.5. The molecule has 146 valence electrons. The van der Waals surface area contributed by atoms with Gasteiger partial charge in [0, 0.05) is 18.7 Å². The maximum atomic E-state index is 12.0. The summed E-state index contributed by atoms with van der Waals surface area (Å²) in [5, 5.41) is 7.52. The molecule has 1 aromatic carbocycles. The standard InChI is InChI=1S/C19H25N3O5/c1-12-6-3-4-9-16(12)21-19(26)22-17(24)11-27-18(25)14-7-5-8-15(10-14)20-13(2)23/h5,7-8,10,12,16H,3-4,6,9,11H2,1-2H3,(H,20,23)(H2,21,22,24,26)/t12-,16-/m0/s1. The Balaban J connectivity index is 1.78. The Morgan fingerprint density at radius 2 is 1.89 bits per heavy atom. The van der Waals surface area contributed by atoms with E-state index in [0.717, 1.165) is 25.7 Å². The molecule has 0 bridgehead atoms. The summed E-state index contributed by atoms with van der Waals surface area (Å²) in [6, 6.07) is 5.62. The second-order valence-corrected chi connectivity index (χ2v) is 6.73. The summed E-state index contributed by atoms with van der Waals surface area (Å²) < 4.78 is 4.92. The normalized spacial score (nSPS) is 18.9. The monoisotopic (exact) mass is 375 g/mol. The van der Waals surface area contributed by atoms with Crippen LogP contribution in [-0.4, -0.2) is 36.5 Å². The summed E-state index contributed by atoms with van der Waals surface area (Å²) in [6.07, 6.45) is 4.15. The average Bonchev–Trinajstić information content (AvgIpc) is 2.61. The van der Waals surface area contributed by atoms with Gasteiger partial charge in [-0.3, -0.25) is 14.9 Å². The molecule has 0 radical (unpaired) electrons. The highest BCUT2D eigenvalue weighted by Crippen LogP contribution is 2.23. The van der Waals surface area contributed by atoms with Crippen molar-refractivity contribution in [1.29, 1.82) is 0 Å². The second-order valence-electron chi connectivity index (χ2n) is 6.73. The maximum absolute atomic E-state index is 12.0. The van der Waals surface area contributed by atoms with Gasteiger partial charge in [-0.25, -0.2) is 9.59 Å². The number of hydrogen-bond donors (Lipinski definition) is 3. The summed E-state index contributed by atoms with van der Waals surface area (Å²) >= 11 is 0. The predicted molar refractivity (Wildman–Crippen MR) is 99.1 cm³/mol. The van der Waals surface area contributed by atoms with Gasteiger partial charge in [0.25, 0.3) is 5.91 Å². The molecule has 0 saturated heterocycles. The lowest BCUT2D eigenvalue weighted by Crippen LogP contribution is -2.48. The molecule has 8 nitrogen and oxygen atoms in total. The van der Waals surface area contributed by atoms with Crippen molar-refractivity contribution in [2.75, 3.05) is 11.9 Å². The molecular weight excluding hydrogens is 350 g/mol. The molecule has 1 aliphatic carbocycles. The van der Waals surface area contributed by atoms with Gasteiger partial charge in [-0.15, -0.1) is 0 Å². The third-order valence-electron chi connectivity index (χ3n) is 4.43. The highest BCUT2D eigenvalue weighted by molar-refractivity contribution is 5.97. The van der Waals surface area contributed by atoms with E-state index in [0.29, 0.717) is 11.6 Å². The topological polar surface area (TPSA) is 114 Å². The summed E-state index contributed by atoms with van der Waals surface area (Å²) in [5.74, 6) is -1.33. The number of urea groups is 1. The van der Waals surface area contributed by atoms with Crippen LogP contribution in [-0.2, 0) is 14.3 Å². The second kappa shape index (κ2) is 9.70. The first-order valence-electron chi connectivity index (χ1n) is 9.00. The Kier molecular flexibility index (Phi) is 7.34. The SMILES string of the molecule is CC(=O)Nc1cccc(C(=O)OCC(=O)NC(=O)N[C@H]2CCCC[C@@H]2C)c1. The number of hydrogen-bond acceptors (Lipinski definition) is 5. The average molecular weight is 375 g/mol. The number of esters is 1. The van der Waals surface area contributed by atoms with Gasteiger partial charge in [-0.1, -0.05) is 25.8 Å². The predicted octanol–water partition coefficient (Wildman–Crippen LogP) is 2.21. The van der Waals surface area contributed by atoms with E-state index < -0.39 is 24.5 Å². The quantitative estimate of drug-likeness (QED) is 0.683. The third kappa shape index (κ3) is 6.73. The van der Waals surface area contributed by atoms with Crippen molar-refractivity contribution >= 4 is 29.5 Å². The van der Waals surface area contributed by atoms with E-state index in [1.54, 1.807) is 12.1 Å². The summed E-state index contributed by atoms with van der Waals surface area (Å²) in [5.41, 5.74) is 0.636. The van der Waals surface area contributed by atoms with E-state index in [2.05, 4.69) is 22.9 Å². The molecule has 0 spiro atoms. The molecule has 2 rings (SSSR count). The van der Waals surface area contributed by atoms with Crippen molar-refractivity contribution in [2.24, 2.45) is 5.92 Å². The van der Waals surface area contributed by atoms with Crippen molar-refractivity contribution in [2.45, 2.75) is 45.6 Å². The Hall–Kier alpha value is -2.90. The fraction of sp³-hybridized carbons (Fsp3) is 0.474. The minimum absolute atomic E-state index is 0.0469. The Morgan fingerprint density at radius 1 is 1.15 bits per heavy atom. The van der Waals surface area contributed by atoms with E-state index >= 15 is 0 Å². The number of amides is 4. The zero-order valence-corrected chi connectivity index (χ0v) is 15.5. The number of anilines is 1. The van der Waals surface area contributed by atoms with E-state index in [1.807, 2.05) is 0 Å². The summed E-state index contributed by atoms with van der Waals surface area (Å²) in [6.45, 7) is 2.86. The molecular formula is C19H25N3O5. The minimum atomic E-state index is -0.723. The molecule has 1 aromatic rings. The van der Waals surface area contributed by atoms with E-state index in [-0.39, 0.29) is 17.5 Å². The lowest BCUT2D eigenvalue weighted by atomic mass is 9.86. The third-order valence-corrected chi connectivity index (χ3v) is 4.43. The van der Waals surface area contributed by atoms with Gasteiger partial charge < -0.3 is 15.4 Å². The minimum Gasteiger partial charge on any atom is -0.452 e. The molecule has 8 heteroatoms. The van der Waals surface area contributed by atoms with E-state index in [9.17, 15) is 19.2 Å². The van der Waals surface area contributed by atoms with Crippen LogP contribution < -0.4 is 16.0 Å². The molecule has 27 heavy (non-hydrogen) atoms. The van der Waals surface area contributed by atoms with Crippen molar-refractivity contribution < 1.29 is 23.9 Å². The lowest BCUT2D eigenvalue weighted by Gasteiger charge is -2.29. The highest BCUT2D eigenvalue weighted by atomic mass is 16.5. The van der Waals surface area contributed by atoms with Gasteiger partial charge in [0.1, 0.15) is 0 Å². The lowest BCUT2D eigenvalue weighted by molar-refractivity contribution is -0.123. The van der Waals surface area contributed by atoms with Crippen molar-refractivity contribution in [3.05, 3.63) is 29.8 Å². The summed E-state index contributed by atoms with van der Waals surface area (Å²) in [4.78, 5) is 46.8. The Bertz CT molecular complexity index is 719. The zero-order chi connectivity index (χ0) is 19.8. The molecule has 3 N–H and O–H groups in total. The number of ether oxygens (including phenoxy) is 1. The number of carbonyl (C=O) groups is 4. The number of rotatable bonds is 5. The van der Waals surface area contributed by atoms with E-state index in [1.165, 1.54) is 19.1 Å². The molecule has 0 unspecified atom stereocenters. The van der Waals surface area contributed by atoms with Gasteiger partial charge in [0.15, 0.2) is 6.61 Å². The number of benzene rings is 1. The molecule has 1 aliphatic rings. The Labute approximate surface area is 158 Å². The number of carbonyl (C=O) groups excluding carboxylic acids is 4. The molecule has 4 amide bonds. The van der Waals surface area contributed by atoms with Gasteiger partial charge in [0.05, 0.1) is 5.56 Å². The van der Waals surface area contributed by atoms with Gasteiger partial charge in [0.2, 0.25) is 5.91 Å². The Morgan fingerprint density at radius 3 is 2.59 bits per heavy atom. The highest BCUT2D eigenvalue weighted by Gasteiger charge is 2.23. The van der Waals surface area contributed by atoms with Crippen LogP contribution in [0.5, 0.6) is 0 Å². The van der Waals surface area contributed by atoms with Crippen LogP contribution in [0.25, 0.3) is 0 Å². The molecule has 0 aliphatic heterocycles. The van der Waals surface area contributed by atoms with Crippen LogP contribution in [0.3, 0.4) is 0 Å². The smallest absolute Gasteiger partial charge is 0.338 e.